The number of carbonyl (C=O) groups is 2. The number of carbonyl (C=O) groups excluding carboxylic acids is 2. The molecule has 0 spiro atoms. The normalized spacial score (nSPS) is 17.1. The van der Waals surface area contributed by atoms with E-state index in [9.17, 15) is 18.0 Å². The summed E-state index contributed by atoms with van der Waals surface area (Å²) < 4.78 is 23.7. The van der Waals surface area contributed by atoms with Gasteiger partial charge in [0, 0.05) is 18.3 Å². The van der Waals surface area contributed by atoms with Crippen LogP contribution in [0.5, 0.6) is 0 Å². The predicted molar refractivity (Wildman–Crippen MR) is 127 cm³/mol. The van der Waals surface area contributed by atoms with Crippen LogP contribution in [-0.2, 0) is 25.8 Å². The molecule has 1 atom stereocenters. The largest absolute Gasteiger partial charge is 0.351 e. The zero-order valence-electron chi connectivity index (χ0n) is 18.0. The van der Waals surface area contributed by atoms with Crippen LogP contribution in [0.25, 0.3) is 0 Å². The van der Waals surface area contributed by atoms with Gasteiger partial charge in [0.2, 0.25) is 16.9 Å². The molecule has 12 heteroatoms. The number of likely N-dealkylation sites (N-methyl/N-ethyl adjacent to an activating group) is 1. The SMILES string of the molecule is CCc1ccccc1Nc1nnc(SCC(=O)N(CC)CC(=O)NC2CCS(=O)(=O)C2)s1. The van der Waals surface area contributed by atoms with Crippen molar-refractivity contribution in [1.82, 2.24) is 20.4 Å². The molecule has 1 aromatic carbocycles. The molecular formula is C20H27N5O4S3. The Bertz CT molecular complexity index is 1060. The highest BCUT2D eigenvalue weighted by atomic mass is 32.2. The van der Waals surface area contributed by atoms with Gasteiger partial charge >= 0.3 is 0 Å². The van der Waals surface area contributed by atoms with Gasteiger partial charge in [-0.1, -0.05) is 48.2 Å². The van der Waals surface area contributed by atoms with Gasteiger partial charge in [-0.25, -0.2) is 8.42 Å². The van der Waals surface area contributed by atoms with Crippen molar-refractivity contribution in [3.05, 3.63) is 29.8 Å². The first-order valence-electron chi connectivity index (χ1n) is 10.4. The number of hydrogen-bond donors (Lipinski definition) is 2. The standard InChI is InChI=1S/C20H27N5O4S3/c1-3-14-7-5-6-8-16(14)22-19-23-24-20(31-19)30-12-18(27)25(4-2)11-17(26)21-15-9-10-32(28,29)13-15/h5-8,15H,3-4,9-13H2,1-2H3,(H,21,26)(H,22,23). The van der Waals surface area contributed by atoms with Crippen LogP contribution in [0.15, 0.2) is 28.6 Å². The Labute approximate surface area is 196 Å². The molecule has 2 heterocycles. The molecule has 174 valence electrons. The van der Waals surface area contributed by atoms with Crippen LogP contribution in [0.3, 0.4) is 0 Å². The number of benzene rings is 1. The first-order valence-corrected chi connectivity index (χ1v) is 14.0. The van der Waals surface area contributed by atoms with E-state index < -0.39 is 9.84 Å². The van der Waals surface area contributed by atoms with Crippen molar-refractivity contribution >= 4 is 55.6 Å². The molecule has 0 saturated carbocycles. The number of anilines is 2. The number of aryl methyl sites for hydroxylation is 1. The summed E-state index contributed by atoms with van der Waals surface area (Å²) in [7, 11) is -3.07. The van der Waals surface area contributed by atoms with E-state index >= 15 is 0 Å². The summed E-state index contributed by atoms with van der Waals surface area (Å²) in [6.07, 6.45) is 1.31. The molecule has 1 saturated heterocycles. The van der Waals surface area contributed by atoms with E-state index in [4.69, 9.17) is 0 Å². The Morgan fingerprint density at radius 2 is 2.03 bits per heavy atom. The van der Waals surface area contributed by atoms with Crippen LogP contribution in [0.2, 0.25) is 0 Å². The van der Waals surface area contributed by atoms with Gasteiger partial charge in [0.05, 0.1) is 23.8 Å². The number of para-hydroxylation sites is 1. The van der Waals surface area contributed by atoms with E-state index in [0.717, 1.165) is 12.1 Å². The van der Waals surface area contributed by atoms with Gasteiger partial charge in [-0.3, -0.25) is 9.59 Å². The summed E-state index contributed by atoms with van der Waals surface area (Å²) >= 11 is 2.64. The van der Waals surface area contributed by atoms with Crippen molar-refractivity contribution in [2.24, 2.45) is 0 Å². The smallest absolute Gasteiger partial charge is 0.239 e. The Balaban J connectivity index is 1.48. The molecule has 1 aromatic heterocycles. The fourth-order valence-electron chi connectivity index (χ4n) is 3.33. The molecular weight excluding hydrogens is 470 g/mol. The number of sulfone groups is 1. The number of hydrogen-bond acceptors (Lipinski definition) is 9. The third-order valence-electron chi connectivity index (χ3n) is 5.03. The fraction of sp³-hybridized carbons (Fsp3) is 0.500. The summed E-state index contributed by atoms with van der Waals surface area (Å²) in [5.41, 5.74) is 2.16. The lowest BCUT2D eigenvalue weighted by molar-refractivity contribution is -0.134. The quantitative estimate of drug-likeness (QED) is 0.479. The van der Waals surface area contributed by atoms with Crippen LogP contribution in [0.4, 0.5) is 10.8 Å². The third kappa shape index (κ3) is 6.91. The Hall–Kier alpha value is -2.18. The molecule has 1 unspecified atom stereocenters. The maximum atomic E-state index is 12.6. The highest BCUT2D eigenvalue weighted by Crippen LogP contribution is 2.29. The van der Waals surface area contributed by atoms with E-state index in [1.54, 1.807) is 6.92 Å². The van der Waals surface area contributed by atoms with Crippen molar-refractivity contribution in [1.29, 1.82) is 0 Å². The Kier molecular flexibility index (Phi) is 8.49. The van der Waals surface area contributed by atoms with E-state index in [-0.39, 0.29) is 41.7 Å². The lowest BCUT2D eigenvalue weighted by Crippen LogP contribution is -2.45. The molecule has 0 aliphatic carbocycles. The molecule has 1 aliphatic heterocycles. The van der Waals surface area contributed by atoms with Gasteiger partial charge in [0.15, 0.2) is 14.2 Å². The zero-order valence-corrected chi connectivity index (χ0v) is 20.5. The van der Waals surface area contributed by atoms with Gasteiger partial charge in [-0.15, -0.1) is 10.2 Å². The third-order valence-corrected chi connectivity index (χ3v) is 8.76. The second kappa shape index (κ2) is 11.1. The van der Waals surface area contributed by atoms with Crippen molar-refractivity contribution in [3.63, 3.8) is 0 Å². The number of nitrogens with zero attached hydrogens (tertiary/aromatic N) is 3. The van der Waals surface area contributed by atoms with Crippen LogP contribution < -0.4 is 10.6 Å². The highest BCUT2D eigenvalue weighted by Gasteiger charge is 2.29. The molecule has 0 radical (unpaired) electrons. The van der Waals surface area contributed by atoms with Gasteiger partial charge < -0.3 is 15.5 Å². The molecule has 3 rings (SSSR count). The molecule has 32 heavy (non-hydrogen) atoms. The Morgan fingerprint density at radius 3 is 2.72 bits per heavy atom. The number of thioether (sulfide) groups is 1. The van der Waals surface area contributed by atoms with Crippen LogP contribution in [0, 0.1) is 0 Å². The minimum Gasteiger partial charge on any atom is -0.351 e. The Morgan fingerprint density at radius 1 is 1.25 bits per heavy atom. The first-order chi connectivity index (χ1) is 15.3. The molecule has 2 amide bonds. The fourth-order valence-corrected chi connectivity index (χ4v) is 6.67. The van der Waals surface area contributed by atoms with Crippen molar-refractivity contribution in [3.8, 4) is 0 Å². The number of rotatable bonds is 10. The summed E-state index contributed by atoms with van der Waals surface area (Å²) in [6.45, 7) is 4.17. The van der Waals surface area contributed by atoms with Crippen molar-refractivity contribution in [2.75, 3.05) is 35.7 Å². The molecule has 9 nitrogen and oxygen atoms in total. The minimum atomic E-state index is -3.07. The monoisotopic (exact) mass is 497 g/mol. The van der Waals surface area contributed by atoms with E-state index in [1.165, 1.54) is 33.6 Å². The number of amides is 2. The van der Waals surface area contributed by atoms with Crippen molar-refractivity contribution < 1.29 is 18.0 Å². The lowest BCUT2D eigenvalue weighted by Gasteiger charge is -2.21. The van der Waals surface area contributed by atoms with Crippen LogP contribution >= 0.6 is 23.1 Å². The molecule has 2 N–H and O–H groups in total. The molecule has 1 fully saturated rings. The second-order valence-corrected chi connectivity index (χ2v) is 11.8. The summed E-state index contributed by atoms with van der Waals surface area (Å²) in [4.78, 5) is 26.3. The maximum absolute atomic E-state index is 12.6. The zero-order chi connectivity index (χ0) is 23.1. The highest BCUT2D eigenvalue weighted by molar-refractivity contribution is 8.01. The average Bonchev–Trinajstić information content (AvgIpc) is 3.35. The maximum Gasteiger partial charge on any atom is 0.239 e. The minimum absolute atomic E-state index is 0.0369. The molecule has 1 aliphatic rings. The average molecular weight is 498 g/mol. The van der Waals surface area contributed by atoms with E-state index in [2.05, 4.69) is 33.8 Å². The summed E-state index contributed by atoms with van der Waals surface area (Å²) in [6, 6.07) is 7.62. The van der Waals surface area contributed by atoms with Crippen molar-refractivity contribution in [2.45, 2.75) is 37.1 Å². The second-order valence-electron chi connectivity index (χ2n) is 7.37. The molecule has 0 bridgehead atoms. The topological polar surface area (TPSA) is 121 Å². The number of aromatic nitrogens is 2. The van der Waals surface area contributed by atoms with Crippen LogP contribution in [0.1, 0.15) is 25.8 Å². The van der Waals surface area contributed by atoms with E-state index in [0.29, 0.717) is 22.4 Å². The van der Waals surface area contributed by atoms with Gasteiger partial charge in [-0.2, -0.15) is 0 Å². The lowest BCUT2D eigenvalue weighted by atomic mass is 10.1. The summed E-state index contributed by atoms with van der Waals surface area (Å²) in [5.74, 6) is -0.338. The first kappa shape index (κ1) is 24.5. The van der Waals surface area contributed by atoms with Gasteiger partial charge in [0.1, 0.15) is 0 Å². The van der Waals surface area contributed by atoms with Gasteiger partial charge in [0.25, 0.3) is 0 Å². The van der Waals surface area contributed by atoms with E-state index in [1.807, 2.05) is 18.2 Å². The summed E-state index contributed by atoms with van der Waals surface area (Å²) in [5, 5.41) is 14.9. The van der Waals surface area contributed by atoms with Crippen LogP contribution in [-0.4, -0.2) is 71.7 Å². The predicted octanol–water partition coefficient (Wildman–Crippen LogP) is 2.09. The molecule has 2 aromatic rings. The number of nitrogens with one attached hydrogen (secondary N) is 2. The van der Waals surface area contributed by atoms with Gasteiger partial charge in [-0.05, 0) is 31.4 Å².